The molecule has 1 aromatic carbocycles. The Balaban J connectivity index is 2.76. The zero-order valence-electron chi connectivity index (χ0n) is 10.9. The molecule has 96 valence electrons. The van der Waals surface area contributed by atoms with E-state index in [1.165, 1.54) is 6.07 Å². The SMILES string of the molecule is CCCNCc1cccc(F)c1OC(C)CC. The molecular formula is C14H22FNO. The highest BCUT2D eigenvalue weighted by Gasteiger charge is 2.11. The van der Waals surface area contributed by atoms with Crippen molar-refractivity contribution < 1.29 is 9.13 Å². The number of benzene rings is 1. The summed E-state index contributed by atoms with van der Waals surface area (Å²) in [5, 5.41) is 3.26. The van der Waals surface area contributed by atoms with E-state index in [0.717, 1.165) is 24.9 Å². The molecule has 0 aliphatic heterocycles. The summed E-state index contributed by atoms with van der Waals surface area (Å²) in [5.41, 5.74) is 0.888. The van der Waals surface area contributed by atoms with Gasteiger partial charge in [-0.3, -0.25) is 0 Å². The quantitative estimate of drug-likeness (QED) is 0.735. The molecule has 3 heteroatoms. The lowest BCUT2D eigenvalue weighted by molar-refractivity contribution is 0.205. The summed E-state index contributed by atoms with van der Waals surface area (Å²) in [4.78, 5) is 0. The van der Waals surface area contributed by atoms with Crippen LogP contribution in [0, 0.1) is 5.82 Å². The molecule has 0 radical (unpaired) electrons. The third-order valence-electron chi connectivity index (χ3n) is 2.68. The van der Waals surface area contributed by atoms with Crippen LogP contribution in [0.3, 0.4) is 0 Å². The van der Waals surface area contributed by atoms with E-state index in [2.05, 4.69) is 12.2 Å². The second-order valence-electron chi connectivity index (χ2n) is 4.24. The minimum absolute atomic E-state index is 0.0387. The first kappa shape index (κ1) is 14.0. The van der Waals surface area contributed by atoms with Gasteiger partial charge in [-0.05, 0) is 32.4 Å². The van der Waals surface area contributed by atoms with Crippen LogP contribution in [-0.4, -0.2) is 12.6 Å². The minimum Gasteiger partial charge on any atom is -0.487 e. The van der Waals surface area contributed by atoms with Crippen molar-refractivity contribution in [2.24, 2.45) is 0 Å². The Morgan fingerprint density at radius 1 is 1.35 bits per heavy atom. The topological polar surface area (TPSA) is 21.3 Å². The van der Waals surface area contributed by atoms with E-state index in [4.69, 9.17) is 4.74 Å². The van der Waals surface area contributed by atoms with Gasteiger partial charge in [0, 0.05) is 12.1 Å². The molecule has 0 aromatic heterocycles. The molecule has 0 aliphatic carbocycles. The van der Waals surface area contributed by atoms with Gasteiger partial charge < -0.3 is 10.1 Å². The Kier molecular flexibility index (Phi) is 5.98. The second-order valence-corrected chi connectivity index (χ2v) is 4.24. The van der Waals surface area contributed by atoms with Crippen LogP contribution in [0.2, 0.25) is 0 Å². The average molecular weight is 239 g/mol. The zero-order valence-corrected chi connectivity index (χ0v) is 10.9. The standard InChI is InChI=1S/C14H22FNO/c1-4-9-16-10-12-7-6-8-13(15)14(12)17-11(3)5-2/h6-8,11,16H,4-5,9-10H2,1-3H3. The van der Waals surface area contributed by atoms with Gasteiger partial charge in [-0.2, -0.15) is 0 Å². The first-order valence-electron chi connectivity index (χ1n) is 6.33. The lowest BCUT2D eigenvalue weighted by Gasteiger charge is -2.17. The largest absolute Gasteiger partial charge is 0.487 e. The van der Waals surface area contributed by atoms with Crippen molar-refractivity contribution >= 4 is 0 Å². The first-order chi connectivity index (χ1) is 8.19. The maximum absolute atomic E-state index is 13.7. The Morgan fingerprint density at radius 2 is 2.12 bits per heavy atom. The Labute approximate surface area is 103 Å². The van der Waals surface area contributed by atoms with Crippen LogP contribution in [0.4, 0.5) is 4.39 Å². The molecule has 1 unspecified atom stereocenters. The fraction of sp³-hybridized carbons (Fsp3) is 0.571. The van der Waals surface area contributed by atoms with Crippen LogP contribution in [0.25, 0.3) is 0 Å². The van der Waals surface area contributed by atoms with Crippen LogP contribution < -0.4 is 10.1 Å². The number of rotatable bonds is 7. The maximum atomic E-state index is 13.7. The molecule has 0 saturated heterocycles. The third-order valence-corrected chi connectivity index (χ3v) is 2.68. The van der Waals surface area contributed by atoms with Crippen molar-refractivity contribution in [3.8, 4) is 5.75 Å². The number of ether oxygens (including phenoxy) is 1. The van der Waals surface area contributed by atoms with Gasteiger partial charge in [-0.1, -0.05) is 26.0 Å². The Hall–Kier alpha value is -1.09. The highest BCUT2D eigenvalue weighted by molar-refractivity contribution is 5.35. The molecule has 1 rings (SSSR count). The second kappa shape index (κ2) is 7.28. The monoisotopic (exact) mass is 239 g/mol. The summed E-state index contributed by atoms with van der Waals surface area (Å²) in [5.74, 6) is 0.117. The molecule has 1 atom stereocenters. The molecule has 0 spiro atoms. The molecular weight excluding hydrogens is 217 g/mol. The molecule has 0 bridgehead atoms. The van der Waals surface area contributed by atoms with Crippen LogP contribution in [-0.2, 0) is 6.54 Å². The molecule has 0 amide bonds. The molecule has 1 N–H and O–H groups in total. The van der Waals surface area contributed by atoms with Crippen LogP contribution in [0.15, 0.2) is 18.2 Å². The van der Waals surface area contributed by atoms with Crippen molar-refractivity contribution in [3.63, 3.8) is 0 Å². The lowest BCUT2D eigenvalue weighted by atomic mass is 10.2. The molecule has 1 aromatic rings. The van der Waals surface area contributed by atoms with Gasteiger partial charge in [0.1, 0.15) is 0 Å². The van der Waals surface area contributed by atoms with E-state index in [-0.39, 0.29) is 11.9 Å². The summed E-state index contributed by atoms with van der Waals surface area (Å²) in [6.45, 7) is 7.67. The van der Waals surface area contributed by atoms with Crippen molar-refractivity contribution in [1.82, 2.24) is 5.32 Å². The van der Waals surface area contributed by atoms with Gasteiger partial charge in [0.2, 0.25) is 0 Å². The van der Waals surface area contributed by atoms with E-state index in [0.29, 0.717) is 12.3 Å². The van der Waals surface area contributed by atoms with Crippen molar-refractivity contribution in [1.29, 1.82) is 0 Å². The van der Waals surface area contributed by atoms with Crippen LogP contribution in [0.1, 0.15) is 39.2 Å². The highest BCUT2D eigenvalue weighted by Crippen LogP contribution is 2.24. The Bertz CT molecular complexity index is 341. The number of halogens is 1. The van der Waals surface area contributed by atoms with E-state index < -0.39 is 0 Å². The molecule has 2 nitrogen and oxygen atoms in total. The van der Waals surface area contributed by atoms with Gasteiger partial charge in [0.05, 0.1) is 6.10 Å². The predicted molar refractivity (Wildman–Crippen MR) is 68.8 cm³/mol. The fourth-order valence-corrected chi connectivity index (χ4v) is 1.51. The van der Waals surface area contributed by atoms with Gasteiger partial charge in [0.15, 0.2) is 11.6 Å². The van der Waals surface area contributed by atoms with Gasteiger partial charge in [0.25, 0.3) is 0 Å². The summed E-state index contributed by atoms with van der Waals surface area (Å²) in [6, 6.07) is 5.08. The molecule has 0 saturated carbocycles. The molecule has 0 fully saturated rings. The highest BCUT2D eigenvalue weighted by atomic mass is 19.1. The summed E-state index contributed by atoms with van der Waals surface area (Å²) in [7, 11) is 0. The minimum atomic E-state index is -0.277. The number of para-hydroxylation sites is 1. The number of nitrogens with one attached hydrogen (secondary N) is 1. The van der Waals surface area contributed by atoms with Crippen LogP contribution >= 0.6 is 0 Å². The summed E-state index contributed by atoms with van der Waals surface area (Å²) < 4.78 is 19.3. The number of hydrogen-bond donors (Lipinski definition) is 1. The van der Waals surface area contributed by atoms with E-state index in [1.54, 1.807) is 6.07 Å². The predicted octanol–water partition coefficient (Wildman–Crippen LogP) is 3.50. The van der Waals surface area contributed by atoms with E-state index in [1.807, 2.05) is 19.9 Å². The van der Waals surface area contributed by atoms with Crippen molar-refractivity contribution in [2.75, 3.05) is 6.54 Å². The average Bonchev–Trinajstić information content (AvgIpc) is 2.33. The van der Waals surface area contributed by atoms with Gasteiger partial charge >= 0.3 is 0 Å². The lowest BCUT2D eigenvalue weighted by Crippen LogP contribution is -2.17. The normalized spacial score (nSPS) is 12.5. The smallest absolute Gasteiger partial charge is 0.165 e. The zero-order chi connectivity index (χ0) is 12.7. The van der Waals surface area contributed by atoms with E-state index in [9.17, 15) is 4.39 Å². The molecule has 0 aliphatic rings. The Morgan fingerprint density at radius 3 is 2.76 bits per heavy atom. The van der Waals surface area contributed by atoms with Gasteiger partial charge in [-0.15, -0.1) is 0 Å². The first-order valence-corrected chi connectivity index (χ1v) is 6.33. The van der Waals surface area contributed by atoms with E-state index >= 15 is 0 Å². The maximum Gasteiger partial charge on any atom is 0.165 e. The van der Waals surface area contributed by atoms with Crippen molar-refractivity contribution in [3.05, 3.63) is 29.6 Å². The summed E-state index contributed by atoms with van der Waals surface area (Å²) in [6.07, 6.45) is 1.98. The molecule has 0 heterocycles. The third kappa shape index (κ3) is 4.35. The number of hydrogen-bond acceptors (Lipinski definition) is 2. The summed E-state index contributed by atoms with van der Waals surface area (Å²) >= 11 is 0. The fourth-order valence-electron chi connectivity index (χ4n) is 1.51. The van der Waals surface area contributed by atoms with Crippen molar-refractivity contribution in [2.45, 2.75) is 46.3 Å². The molecule has 17 heavy (non-hydrogen) atoms. The van der Waals surface area contributed by atoms with Gasteiger partial charge in [-0.25, -0.2) is 4.39 Å². The van der Waals surface area contributed by atoms with Crippen LogP contribution in [0.5, 0.6) is 5.75 Å².